The van der Waals surface area contributed by atoms with Gasteiger partial charge in [-0.05, 0) is 19.3 Å². The first kappa shape index (κ1) is 10.7. The lowest BCUT2D eigenvalue weighted by atomic mass is 9.94. The molecule has 0 bridgehead atoms. The number of rotatable bonds is 4. The van der Waals surface area contributed by atoms with E-state index < -0.39 is 0 Å². The number of hydrogen-bond donors (Lipinski definition) is 1. The zero-order chi connectivity index (χ0) is 10.8. The fourth-order valence-electron chi connectivity index (χ4n) is 2.10. The largest absolute Gasteiger partial charge is 0.277 e. The highest BCUT2D eigenvalue weighted by molar-refractivity contribution is 7.61. The zero-order valence-electron chi connectivity index (χ0n) is 9.60. The molecule has 1 heterocycles. The molecule has 1 unspecified atom stereocenters. The van der Waals surface area contributed by atoms with Crippen molar-refractivity contribution in [3.8, 4) is 0 Å². The molecule has 1 aliphatic carbocycles. The second-order valence-corrected chi connectivity index (χ2v) is 6.68. The van der Waals surface area contributed by atoms with E-state index in [1.807, 2.05) is 0 Å². The maximum atomic E-state index is 3.86. The van der Waals surface area contributed by atoms with E-state index >= 15 is 0 Å². The molecule has 2 fully saturated rings. The van der Waals surface area contributed by atoms with Gasteiger partial charge < -0.3 is 0 Å². The lowest BCUT2D eigenvalue weighted by Gasteiger charge is -2.42. The second kappa shape index (κ2) is 4.83. The van der Waals surface area contributed by atoms with Crippen molar-refractivity contribution >= 4 is 13.5 Å². The Bertz CT molecular complexity index is 333. The van der Waals surface area contributed by atoms with E-state index in [1.54, 1.807) is 0 Å². The molecule has 2 nitrogen and oxygen atoms in total. The molecule has 86 valence electrons. The summed E-state index contributed by atoms with van der Waals surface area (Å²) >= 11 is 0. The van der Waals surface area contributed by atoms with Crippen LogP contribution in [0.3, 0.4) is 0 Å². The summed E-state index contributed by atoms with van der Waals surface area (Å²) in [7, 11) is -0.241. The van der Waals surface area contributed by atoms with Crippen LogP contribution in [0.15, 0.2) is 30.3 Å². The van der Waals surface area contributed by atoms with Gasteiger partial charge in [0.1, 0.15) is 0 Å². The van der Waals surface area contributed by atoms with Crippen molar-refractivity contribution in [2.45, 2.75) is 31.7 Å². The molecule has 1 aromatic rings. The predicted molar refractivity (Wildman–Crippen MR) is 70.0 cm³/mol. The Kier molecular flexibility index (Phi) is 3.23. The molecule has 1 aromatic carbocycles. The summed E-state index contributed by atoms with van der Waals surface area (Å²) in [5, 5.41) is 5.35. The SMILES string of the molecule is c1ccc(P(NC2CCC2)N2CCC2)cc1. The normalized spacial score (nSPS) is 23.5. The quantitative estimate of drug-likeness (QED) is 0.805. The molecule has 16 heavy (non-hydrogen) atoms. The number of hydrogen-bond acceptors (Lipinski definition) is 2. The van der Waals surface area contributed by atoms with Crippen LogP contribution in [0.2, 0.25) is 0 Å². The smallest absolute Gasteiger partial charge is 0.0698 e. The third kappa shape index (κ3) is 2.15. The summed E-state index contributed by atoms with van der Waals surface area (Å²) in [4.78, 5) is 0. The Hall–Kier alpha value is -0.430. The van der Waals surface area contributed by atoms with Crippen molar-refractivity contribution in [1.29, 1.82) is 0 Å². The highest BCUT2D eigenvalue weighted by atomic mass is 31.1. The van der Waals surface area contributed by atoms with Crippen molar-refractivity contribution in [1.82, 2.24) is 9.76 Å². The van der Waals surface area contributed by atoms with Crippen LogP contribution in [0.5, 0.6) is 0 Å². The maximum Gasteiger partial charge on any atom is 0.0698 e. The Morgan fingerprint density at radius 1 is 1.06 bits per heavy atom. The Labute approximate surface area is 98.9 Å². The number of nitrogens with one attached hydrogen (secondary N) is 1. The number of nitrogens with zero attached hydrogens (tertiary/aromatic N) is 1. The van der Waals surface area contributed by atoms with Gasteiger partial charge in [0, 0.05) is 24.4 Å². The van der Waals surface area contributed by atoms with Gasteiger partial charge in [-0.1, -0.05) is 36.8 Å². The van der Waals surface area contributed by atoms with Crippen molar-refractivity contribution in [2.75, 3.05) is 13.1 Å². The van der Waals surface area contributed by atoms with Crippen molar-refractivity contribution < 1.29 is 0 Å². The first-order valence-corrected chi connectivity index (χ1v) is 7.59. The van der Waals surface area contributed by atoms with E-state index in [9.17, 15) is 0 Å². The first-order chi connectivity index (χ1) is 7.93. The molecule has 0 spiro atoms. The minimum Gasteiger partial charge on any atom is -0.277 e. The van der Waals surface area contributed by atoms with Crippen molar-refractivity contribution in [3.05, 3.63) is 30.3 Å². The van der Waals surface area contributed by atoms with E-state index in [0.717, 1.165) is 6.04 Å². The lowest BCUT2D eigenvalue weighted by molar-refractivity contribution is 0.318. The Morgan fingerprint density at radius 3 is 2.31 bits per heavy atom. The van der Waals surface area contributed by atoms with Gasteiger partial charge in [-0.25, -0.2) is 0 Å². The van der Waals surface area contributed by atoms with Gasteiger partial charge in [0.05, 0.1) is 8.22 Å². The van der Waals surface area contributed by atoms with Gasteiger partial charge in [-0.15, -0.1) is 0 Å². The summed E-state index contributed by atoms with van der Waals surface area (Å²) in [5.41, 5.74) is 0. The predicted octanol–water partition coefficient (Wildman–Crippen LogP) is 2.47. The first-order valence-electron chi connectivity index (χ1n) is 6.30. The lowest BCUT2D eigenvalue weighted by Crippen LogP contribution is -2.44. The average Bonchev–Trinajstić information content (AvgIpc) is 2.20. The average molecular weight is 234 g/mol. The van der Waals surface area contributed by atoms with Crippen LogP contribution in [-0.4, -0.2) is 23.8 Å². The minimum atomic E-state index is -0.241. The molecular formula is C13H19N2P. The van der Waals surface area contributed by atoms with E-state index in [1.165, 1.54) is 44.1 Å². The van der Waals surface area contributed by atoms with Gasteiger partial charge in [0.15, 0.2) is 0 Å². The van der Waals surface area contributed by atoms with E-state index in [4.69, 9.17) is 0 Å². The minimum absolute atomic E-state index is 0.241. The Morgan fingerprint density at radius 2 is 1.81 bits per heavy atom. The molecule has 1 aliphatic heterocycles. The molecule has 1 N–H and O–H groups in total. The van der Waals surface area contributed by atoms with Crippen LogP contribution < -0.4 is 10.4 Å². The summed E-state index contributed by atoms with van der Waals surface area (Å²) < 4.78 is 2.61. The molecule has 1 saturated heterocycles. The van der Waals surface area contributed by atoms with Crippen LogP contribution in [-0.2, 0) is 0 Å². The highest BCUT2D eigenvalue weighted by Crippen LogP contribution is 2.41. The maximum absolute atomic E-state index is 3.86. The summed E-state index contributed by atoms with van der Waals surface area (Å²) in [6.07, 6.45) is 5.53. The van der Waals surface area contributed by atoms with Crippen molar-refractivity contribution in [2.24, 2.45) is 0 Å². The van der Waals surface area contributed by atoms with Gasteiger partial charge in [0.2, 0.25) is 0 Å². The van der Waals surface area contributed by atoms with Crippen LogP contribution in [0, 0.1) is 0 Å². The highest BCUT2D eigenvalue weighted by Gasteiger charge is 2.29. The van der Waals surface area contributed by atoms with Gasteiger partial charge >= 0.3 is 0 Å². The Balaban J connectivity index is 1.72. The molecular weight excluding hydrogens is 215 g/mol. The molecule has 3 heteroatoms. The molecule has 1 saturated carbocycles. The fraction of sp³-hybridized carbons (Fsp3) is 0.538. The van der Waals surface area contributed by atoms with Crippen LogP contribution in [0.4, 0.5) is 0 Å². The van der Waals surface area contributed by atoms with Gasteiger partial charge in [0.25, 0.3) is 0 Å². The molecule has 0 aromatic heterocycles. The molecule has 1 atom stereocenters. The van der Waals surface area contributed by atoms with Crippen molar-refractivity contribution in [3.63, 3.8) is 0 Å². The van der Waals surface area contributed by atoms with Gasteiger partial charge in [-0.2, -0.15) is 0 Å². The summed E-state index contributed by atoms with van der Waals surface area (Å²) in [5.74, 6) is 0. The molecule has 0 radical (unpaired) electrons. The molecule has 0 amide bonds. The van der Waals surface area contributed by atoms with Crippen LogP contribution in [0.25, 0.3) is 0 Å². The van der Waals surface area contributed by atoms with E-state index in [2.05, 4.69) is 40.1 Å². The molecule has 3 rings (SSSR count). The molecule has 2 aliphatic rings. The second-order valence-electron chi connectivity index (χ2n) is 4.71. The van der Waals surface area contributed by atoms with Crippen LogP contribution >= 0.6 is 8.22 Å². The third-order valence-corrected chi connectivity index (χ3v) is 5.89. The number of benzene rings is 1. The monoisotopic (exact) mass is 234 g/mol. The van der Waals surface area contributed by atoms with Gasteiger partial charge in [-0.3, -0.25) is 9.76 Å². The third-order valence-electron chi connectivity index (χ3n) is 3.53. The topological polar surface area (TPSA) is 15.3 Å². The van der Waals surface area contributed by atoms with Crippen LogP contribution in [0.1, 0.15) is 25.7 Å². The fourth-order valence-corrected chi connectivity index (χ4v) is 4.48. The zero-order valence-corrected chi connectivity index (χ0v) is 10.5. The summed E-state index contributed by atoms with van der Waals surface area (Å²) in [6, 6.07) is 11.8. The summed E-state index contributed by atoms with van der Waals surface area (Å²) in [6.45, 7) is 2.56. The van der Waals surface area contributed by atoms with E-state index in [0.29, 0.717) is 0 Å². The van der Waals surface area contributed by atoms with E-state index in [-0.39, 0.29) is 8.22 Å². The standard InChI is InChI=1S/C13H19N2P/c1-2-8-13(9-3-1)16(15-10-5-11-15)14-12-6-4-7-12/h1-3,8-9,12,14H,4-7,10-11H2.